The maximum Gasteiger partial charge on any atom is 0.249 e. The van der Waals surface area contributed by atoms with Gasteiger partial charge in [-0.25, -0.2) is 0 Å². The van der Waals surface area contributed by atoms with Crippen molar-refractivity contribution < 1.29 is 9.59 Å². The second kappa shape index (κ2) is 7.86. The van der Waals surface area contributed by atoms with Crippen LogP contribution in [0.5, 0.6) is 0 Å². The predicted octanol–water partition coefficient (Wildman–Crippen LogP) is 4.83. The van der Waals surface area contributed by atoms with Crippen molar-refractivity contribution >= 4 is 41.1 Å². The highest BCUT2D eigenvalue weighted by atomic mass is 35.5. The number of carbonyl (C=O) groups is 2. The molecule has 2 aromatic carbocycles. The summed E-state index contributed by atoms with van der Waals surface area (Å²) in [6.45, 7) is 0.209. The molecule has 1 heterocycles. The Kier molecular flexibility index (Phi) is 5.46. The topological polar surface area (TPSA) is 49.4 Å². The Balaban J connectivity index is 1.88. The smallest absolute Gasteiger partial charge is 0.249 e. The molecule has 6 heteroatoms. The van der Waals surface area contributed by atoms with Gasteiger partial charge in [0.15, 0.2) is 0 Å². The number of amides is 1. The van der Waals surface area contributed by atoms with Crippen LogP contribution in [0.1, 0.15) is 36.8 Å². The maximum absolute atomic E-state index is 13.5. The number of benzene rings is 2. The van der Waals surface area contributed by atoms with Crippen molar-refractivity contribution in [3.8, 4) is 0 Å². The van der Waals surface area contributed by atoms with E-state index in [-0.39, 0.29) is 18.5 Å². The first-order valence-corrected chi connectivity index (χ1v) is 10.4. The summed E-state index contributed by atoms with van der Waals surface area (Å²) < 4.78 is 0. The van der Waals surface area contributed by atoms with Gasteiger partial charge in [-0.15, -0.1) is 0 Å². The zero-order chi connectivity index (χ0) is 19.7. The molecule has 2 aromatic rings. The van der Waals surface area contributed by atoms with Crippen LogP contribution in [0.25, 0.3) is 0 Å². The lowest BCUT2D eigenvalue weighted by atomic mass is 9.81. The SMILES string of the molecule is O=CCN(C1CCCC1)C1(Cc2cccc(Cl)c2)C(=O)Nc2cc(Cl)ccc21. The summed E-state index contributed by atoms with van der Waals surface area (Å²) >= 11 is 12.4. The number of nitrogens with one attached hydrogen (secondary N) is 1. The van der Waals surface area contributed by atoms with Crippen molar-refractivity contribution in [2.45, 2.75) is 43.7 Å². The van der Waals surface area contributed by atoms with E-state index in [0.717, 1.165) is 43.1 Å². The number of aldehydes is 1. The van der Waals surface area contributed by atoms with Gasteiger partial charge in [-0.1, -0.05) is 54.2 Å². The number of nitrogens with zero attached hydrogens (tertiary/aromatic N) is 1. The molecule has 0 radical (unpaired) electrons. The first-order chi connectivity index (χ1) is 13.5. The van der Waals surface area contributed by atoms with Crippen LogP contribution in [-0.4, -0.2) is 29.7 Å². The van der Waals surface area contributed by atoms with E-state index in [9.17, 15) is 9.59 Å². The number of hydrogen-bond donors (Lipinski definition) is 1. The van der Waals surface area contributed by atoms with Crippen LogP contribution in [-0.2, 0) is 21.5 Å². The van der Waals surface area contributed by atoms with Gasteiger partial charge in [-0.05, 0) is 42.7 Å². The monoisotopic (exact) mass is 416 g/mol. The van der Waals surface area contributed by atoms with Crippen LogP contribution in [0.4, 0.5) is 5.69 Å². The van der Waals surface area contributed by atoms with Crippen LogP contribution < -0.4 is 5.32 Å². The molecule has 0 spiro atoms. The number of fused-ring (bicyclic) bond motifs is 1. The average molecular weight is 417 g/mol. The van der Waals surface area contributed by atoms with Gasteiger partial charge in [-0.2, -0.15) is 0 Å². The van der Waals surface area contributed by atoms with Crippen molar-refractivity contribution in [2.24, 2.45) is 0 Å². The normalized spacial score (nSPS) is 21.8. The summed E-state index contributed by atoms with van der Waals surface area (Å²) in [5.74, 6) is -0.113. The lowest BCUT2D eigenvalue weighted by Gasteiger charge is -2.42. The van der Waals surface area contributed by atoms with E-state index in [4.69, 9.17) is 23.2 Å². The summed E-state index contributed by atoms with van der Waals surface area (Å²) in [5.41, 5.74) is 1.59. The second-order valence-corrected chi connectivity index (χ2v) is 8.44. The first kappa shape index (κ1) is 19.4. The highest BCUT2D eigenvalue weighted by Crippen LogP contribution is 2.46. The summed E-state index contributed by atoms with van der Waals surface area (Å²) in [4.78, 5) is 27.2. The van der Waals surface area contributed by atoms with Crippen LogP contribution in [0.15, 0.2) is 42.5 Å². The highest BCUT2D eigenvalue weighted by Gasteiger charge is 2.53. The zero-order valence-corrected chi connectivity index (χ0v) is 17.0. The minimum Gasteiger partial charge on any atom is -0.324 e. The largest absolute Gasteiger partial charge is 0.324 e. The summed E-state index contributed by atoms with van der Waals surface area (Å²) in [5, 5.41) is 4.21. The van der Waals surface area contributed by atoms with E-state index in [2.05, 4.69) is 10.2 Å². The van der Waals surface area contributed by atoms with Gasteiger partial charge >= 0.3 is 0 Å². The van der Waals surface area contributed by atoms with Crippen molar-refractivity contribution in [2.75, 3.05) is 11.9 Å². The van der Waals surface area contributed by atoms with Crippen molar-refractivity contribution in [1.82, 2.24) is 4.90 Å². The lowest BCUT2D eigenvalue weighted by Crippen LogP contribution is -2.56. The number of hydrogen-bond acceptors (Lipinski definition) is 3. The Labute approximate surface area is 174 Å². The molecule has 0 saturated heterocycles. The average Bonchev–Trinajstić information content (AvgIpc) is 3.27. The van der Waals surface area contributed by atoms with Crippen LogP contribution in [0.2, 0.25) is 10.0 Å². The minimum absolute atomic E-state index is 0.113. The van der Waals surface area contributed by atoms with Crippen LogP contribution in [0, 0.1) is 0 Å². The van der Waals surface area contributed by atoms with Gasteiger partial charge in [0.1, 0.15) is 11.8 Å². The maximum atomic E-state index is 13.5. The molecule has 1 unspecified atom stereocenters. The quantitative estimate of drug-likeness (QED) is 0.686. The van der Waals surface area contributed by atoms with E-state index < -0.39 is 5.54 Å². The van der Waals surface area contributed by atoms with Gasteiger partial charge in [-0.3, -0.25) is 9.69 Å². The lowest BCUT2D eigenvalue weighted by molar-refractivity contribution is -0.131. The molecule has 28 heavy (non-hydrogen) atoms. The zero-order valence-electron chi connectivity index (χ0n) is 15.5. The third kappa shape index (κ3) is 3.34. The molecule has 1 fully saturated rings. The molecular formula is C22H22Cl2N2O2. The molecule has 0 aromatic heterocycles. The molecule has 1 N–H and O–H groups in total. The van der Waals surface area contributed by atoms with E-state index in [1.54, 1.807) is 12.1 Å². The summed E-state index contributed by atoms with van der Waals surface area (Å²) in [6.07, 6.45) is 5.55. The van der Waals surface area contributed by atoms with Gasteiger partial charge in [0, 0.05) is 33.8 Å². The number of anilines is 1. The molecule has 1 aliphatic carbocycles. The molecule has 4 rings (SSSR count). The molecule has 0 bridgehead atoms. The molecular weight excluding hydrogens is 395 g/mol. The standard InChI is InChI=1S/C22H22Cl2N2O2/c23-16-5-3-4-15(12-16)14-22(26(10-11-27)18-6-1-2-7-18)19-9-8-17(24)13-20(19)25-21(22)28/h3-5,8-9,11-13,18H,1-2,6-7,10,14H2,(H,25,28). The Morgan fingerprint density at radius 3 is 2.57 bits per heavy atom. The van der Waals surface area contributed by atoms with Crippen molar-refractivity contribution in [3.05, 3.63) is 63.6 Å². The van der Waals surface area contributed by atoms with E-state index >= 15 is 0 Å². The molecule has 1 atom stereocenters. The van der Waals surface area contributed by atoms with Crippen molar-refractivity contribution in [1.29, 1.82) is 0 Å². The molecule has 2 aliphatic rings. The number of carbonyl (C=O) groups excluding carboxylic acids is 2. The third-order valence-corrected chi connectivity index (χ3v) is 6.40. The highest BCUT2D eigenvalue weighted by molar-refractivity contribution is 6.31. The fraction of sp³-hybridized carbons (Fsp3) is 0.364. The third-order valence-electron chi connectivity index (χ3n) is 5.93. The Bertz CT molecular complexity index is 911. The van der Waals surface area contributed by atoms with E-state index in [0.29, 0.717) is 22.2 Å². The second-order valence-electron chi connectivity index (χ2n) is 7.57. The predicted molar refractivity (Wildman–Crippen MR) is 112 cm³/mol. The number of halogens is 2. The molecule has 146 valence electrons. The Hall–Kier alpha value is -1.88. The van der Waals surface area contributed by atoms with Crippen molar-refractivity contribution in [3.63, 3.8) is 0 Å². The number of rotatable bonds is 6. The van der Waals surface area contributed by atoms with Gasteiger partial charge in [0.2, 0.25) is 5.91 Å². The molecule has 1 saturated carbocycles. The molecule has 1 amide bonds. The van der Waals surface area contributed by atoms with Crippen LogP contribution >= 0.6 is 23.2 Å². The summed E-state index contributed by atoms with van der Waals surface area (Å²) in [7, 11) is 0. The summed E-state index contributed by atoms with van der Waals surface area (Å²) in [6, 6.07) is 13.3. The Morgan fingerprint density at radius 2 is 1.86 bits per heavy atom. The first-order valence-electron chi connectivity index (χ1n) is 9.61. The fourth-order valence-electron chi connectivity index (χ4n) is 4.75. The fourth-order valence-corrected chi connectivity index (χ4v) is 5.13. The minimum atomic E-state index is -0.958. The van der Waals surface area contributed by atoms with Gasteiger partial charge in [0.25, 0.3) is 0 Å². The molecule has 1 aliphatic heterocycles. The van der Waals surface area contributed by atoms with E-state index in [1.807, 2.05) is 30.3 Å². The van der Waals surface area contributed by atoms with E-state index in [1.165, 1.54) is 0 Å². The van der Waals surface area contributed by atoms with Gasteiger partial charge < -0.3 is 10.1 Å². The van der Waals surface area contributed by atoms with Crippen LogP contribution in [0.3, 0.4) is 0 Å². The van der Waals surface area contributed by atoms with Gasteiger partial charge in [0.05, 0.1) is 6.54 Å². The Morgan fingerprint density at radius 1 is 1.11 bits per heavy atom. The molecule has 4 nitrogen and oxygen atoms in total.